The summed E-state index contributed by atoms with van der Waals surface area (Å²) in [5.74, 6) is -0.0687. The maximum Gasteiger partial charge on any atom is 0.234 e. The van der Waals surface area contributed by atoms with Crippen LogP contribution >= 0.6 is 0 Å². The Morgan fingerprint density at radius 2 is 1.03 bits per heavy atom. The van der Waals surface area contributed by atoms with Crippen molar-refractivity contribution in [1.29, 1.82) is 0 Å². The van der Waals surface area contributed by atoms with E-state index < -0.39 is 112 Å². The Morgan fingerprint density at radius 3 is 1.58 bits per heavy atom. The molecule has 3 fully saturated rings. The molecule has 3 saturated heterocycles. The average molecular weight is 956 g/mol. The van der Waals surface area contributed by atoms with Gasteiger partial charge in [0.1, 0.15) is 84.8 Å². The van der Waals surface area contributed by atoms with Crippen molar-refractivity contribution in [2.45, 2.75) is 227 Å². The minimum atomic E-state index is -1.87. The van der Waals surface area contributed by atoms with Crippen LogP contribution in [0.5, 0.6) is 0 Å². The van der Waals surface area contributed by atoms with Crippen molar-refractivity contribution in [2.24, 2.45) is 5.73 Å². The molecule has 0 bridgehead atoms. The van der Waals surface area contributed by atoms with E-state index in [2.05, 4.69) is 10.9 Å². The van der Waals surface area contributed by atoms with Gasteiger partial charge >= 0.3 is 0 Å². The number of unbranched alkanes of at least 4 members (excludes halogenated alkanes) is 12. The van der Waals surface area contributed by atoms with Crippen LogP contribution in [0.1, 0.15) is 129 Å². The van der Waals surface area contributed by atoms with Crippen molar-refractivity contribution in [3.63, 3.8) is 0 Å². The van der Waals surface area contributed by atoms with E-state index >= 15 is 0 Å². The first-order valence-corrected chi connectivity index (χ1v) is 23.9. The highest BCUT2D eigenvalue weighted by Crippen LogP contribution is 2.31. The van der Waals surface area contributed by atoms with Crippen LogP contribution in [-0.4, -0.2) is 200 Å². The number of aliphatic hydroxyl groups is 10. The highest BCUT2D eigenvalue weighted by Gasteiger charge is 2.52. The zero-order valence-corrected chi connectivity index (χ0v) is 38.4. The smallest absolute Gasteiger partial charge is 0.234 e. The van der Waals surface area contributed by atoms with Crippen LogP contribution in [0.15, 0.2) is 0 Å². The molecule has 0 spiro atoms. The van der Waals surface area contributed by atoms with E-state index in [4.69, 9.17) is 34.2 Å². The molecule has 22 heteroatoms. The van der Waals surface area contributed by atoms with E-state index in [-0.39, 0.29) is 43.0 Å². The van der Waals surface area contributed by atoms with Crippen LogP contribution in [0.25, 0.3) is 0 Å². The molecule has 0 aliphatic carbocycles. The molecule has 3 aliphatic rings. The highest BCUT2D eigenvalue weighted by atomic mass is 16.7. The van der Waals surface area contributed by atoms with Crippen LogP contribution in [-0.2, 0) is 42.8 Å². The normalized spacial score (nSPS) is 33.1. The van der Waals surface area contributed by atoms with Crippen molar-refractivity contribution in [3.8, 4) is 0 Å². The monoisotopic (exact) mass is 956 g/mol. The molecule has 3 aliphatic heterocycles. The van der Waals surface area contributed by atoms with Crippen molar-refractivity contribution >= 4 is 17.5 Å². The fourth-order valence-corrected chi connectivity index (χ4v) is 8.14. The van der Waals surface area contributed by atoms with Crippen LogP contribution in [0, 0.1) is 0 Å². The average Bonchev–Trinajstić information content (AvgIpc) is 3.30. The lowest BCUT2D eigenvalue weighted by Crippen LogP contribution is -2.65. The molecule has 0 radical (unpaired) electrons. The lowest BCUT2D eigenvalue weighted by atomic mass is 9.96. The van der Waals surface area contributed by atoms with E-state index in [1.807, 2.05) is 0 Å². The minimum Gasteiger partial charge on any atom is -0.394 e. The Bertz CT molecular complexity index is 1350. The quantitative estimate of drug-likeness (QED) is 0.0244. The molecule has 0 aromatic rings. The number of Topliss-reactive ketones (excluding diaryl/α,β-unsaturated/α-hetero) is 2. The number of hydrazine groups is 1. The Hall–Kier alpha value is -1.91. The summed E-state index contributed by atoms with van der Waals surface area (Å²) in [6, 6.07) is -0.387. The zero-order valence-electron chi connectivity index (χ0n) is 38.4. The van der Waals surface area contributed by atoms with Gasteiger partial charge in [-0.3, -0.25) is 19.8 Å². The summed E-state index contributed by atoms with van der Waals surface area (Å²) in [6.45, 7) is -0.0420. The van der Waals surface area contributed by atoms with Gasteiger partial charge in [0.05, 0.1) is 32.5 Å². The Balaban J connectivity index is 1.31. The summed E-state index contributed by atoms with van der Waals surface area (Å²) in [4.78, 5) is 36.5. The van der Waals surface area contributed by atoms with Gasteiger partial charge < -0.3 is 85.2 Å². The predicted molar refractivity (Wildman–Crippen MR) is 233 cm³/mol. The van der Waals surface area contributed by atoms with Crippen molar-refractivity contribution in [2.75, 3.05) is 33.0 Å². The topological polar surface area (TPSA) is 359 Å². The van der Waals surface area contributed by atoms with Gasteiger partial charge in [-0.05, 0) is 45.6 Å². The number of carbonyl (C=O) groups is 3. The molecule has 3 rings (SSSR count). The molecule has 0 aromatic carbocycles. The van der Waals surface area contributed by atoms with Gasteiger partial charge in [0, 0.05) is 19.3 Å². The summed E-state index contributed by atoms with van der Waals surface area (Å²) in [5, 5.41) is 103. The van der Waals surface area contributed by atoms with Crippen molar-refractivity contribution in [1.82, 2.24) is 10.9 Å². The predicted octanol–water partition coefficient (Wildman–Crippen LogP) is -2.03. The maximum absolute atomic E-state index is 12.6. The largest absolute Gasteiger partial charge is 0.394 e. The summed E-state index contributed by atoms with van der Waals surface area (Å²) in [5.41, 5.74) is 11.0. The number of hydrogen-bond acceptors (Lipinski definition) is 21. The molecule has 0 unspecified atom stereocenters. The molecule has 66 heavy (non-hydrogen) atoms. The summed E-state index contributed by atoms with van der Waals surface area (Å²) < 4.78 is 33.6. The zero-order chi connectivity index (χ0) is 48.6. The Labute approximate surface area is 387 Å². The molecular formula is C44H81N3O19. The first-order chi connectivity index (χ1) is 31.6. The molecule has 16 atom stereocenters. The molecule has 22 nitrogen and oxygen atoms in total. The first kappa shape index (κ1) is 58.4. The summed E-state index contributed by atoms with van der Waals surface area (Å²) >= 11 is 0. The second-order valence-electron chi connectivity index (χ2n) is 17.7. The Kier molecular flexibility index (Phi) is 28.4. The van der Waals surface area contributed by atoms with Crippen molar-refractivity contribution in [3.05, 3.63) is 0 Å². The van der Waals surface area contributed by atoms with E-state index in [1.54, 1.807) is 0 Å². The van der Waals surface area contributed by atoms with Gasteiger partial charge in [-0.25, -0.2) is 5.43 Å². The van der Waals surface area contributed by atoms with Crippen molar-refractivity contribution < 1.29 is 93.9 Å². The third-order valence-corrected chi connectivity index (χ3v) is 12.4. The maximum atomic E-state index is 12.6. The second kappa shape index (κ2) is 32.1. The highest BCUT2D eigenvalue weighted by molar-refractivity contribution is 5.82. The van der Waals surface area contributed by atoms with E-state index in [1.165, 1.54) is 6.92 Å². The van der Waals surface area contributed by atoms with Crippen LogP contribution in [0.2, 0.25) is 0 Å². The molecule has 0 saturated carbocycles. The van der Waals surface area contributed by atoms with Gasteiger partial charge in [-0.15, -0.1) is 0 Å². The van der Waals surface area contributed by atoms with Crippen LogP contribution < -0.4 is 16.6 Å². The third-order valence-electron chi connectivity index (χ3n) is 12.4. The van der Waals surface area contributed by atoms with E-state index in [0.29, 0.717) is 25.8 Å². The number of carbonyl (C=O) groups excluding carboxylic acids is 3. The third kappa shape index (κ3) is 19.5. The molecule has 386 valence electrons. The van der Waals surface area contributed by atoms with E-state index in [9.17, 15) is 65.4 Å². The minimum absolute atomic E-state index is 0.00777. The van der Waals surface area contributed by atoms with Gasteiger partial charge in [0.2, 0.25) is 5.91 Å². The number of ether oxygens (including phenoxy) is 6. The van der Waals surface area contributed by atoms with Gasteiger partial charge in [-0.1, -0.05) is 70.6 Å². The Morgan fingerprint density at radius 1 is 0.545 bits per heavy atom. The first-order valence-electron chi connectivity index (χ1n) is 23.9. The number of nitrogens with one attached hydrogen (secondary N) is 2. The van der Waals surface area contributed by atoms with Gasteiger partial charge in [0.25, 0.3) is 0 Å². The molecule has 3 heterocycles. The number of rotatable bonds is 34. The van der Waals surface area contributed by atoms with Gasteiger partial charge in [0.15, 0.2) is 18.9 Å². The molecule has 1 amide bonds. The second-order valence-corrected chi connectivity index (χ2v) is 17.7. The number of aliphatic hydroxyl groups excluding tert-OH is 10. The molecule has 14 N–H and O–H groups in total. The SMILES string of the molecule is CC(=O)[C@H](CCCCN)NNC(=O)CCCCCCCCCCCCCCC(=O)CCCO[C@@H]1O[C@H](CO[C@H]2O[C@H](CO)[C@@H](O)[C@H](O)[C@@H]2O)[C@@H](O)[C@H](O[C@H]2O[C@H](CO)[C@@H](O)[C@H](O)[C@@H]2O)[C@@H]1O. The fraction of sp³-hybridized carbons (Fsp3) is 0.932. The molecular weight excluding hydrogens is 874 g/mol. The summed E-state index contributed by atoms with van der Waals surface area (Å²) in [6.07, 6.45) is -8.62. The lowest BCUT2D eigenvalue weighted by molar-refractivity contribution is -0.366. The summed E-state index contributed by atoms with van der Waals surface area (Å²) in [7, 11) is 0. The number of ketones is 2. The molecule has 0 aromatic heterocycles. The van der Waals surface area contributed by atoms with E-state index in [0.717, 1.165) is 89.9 Å². The number of hydrogen-bond donors (Lipinski definition) is 13. The number of amides is 1. The van der Waals surface area contributed by atoms with Gasteiger partial charge in [-0.2, -0.15) is 0 Å². The number of nitrogens with two attached hydrogens (primary N) is 1. The standard InChI is InChI=1S/C44H81N3O19/c1-26(50)28(19-14-15-21-45)46-47-32(52)20-13-11-9-7-5-3-2-4-6-8-10-12-17-27(51)18-16-22-61-43-40(60)41(66-44-39(59)37(57)34(54)30(24-49)64-44)35(55)31(65-43)25-62-42-38(58)36(56)33(53)29(23-48)63-42/h28-31,33-44,46,48-49,53-60H,2-25,45H2,1H3,(H,47,52)/t28-,29+,30+,31+,33+,34+,35+,36-,37-,38-,39-,40-,41-,42-,43+,44+/m0/s1. The van der Waals surface area contributed by atoms with Crippen LogP contribution in [0.3, 0.4) is 0 Å². The lowest BCUT2D eigenvalue weighted by Gasteiger charge is -2.46. The van der Waals surface area contributed by atoms with Crippen LogP contribution in [0.4, 0.5) is 0 Å². The fourth-order valence-electron chi connectivity index (χ4n) is 8.14.